The molecule has 0 spiro atoms. The topological polar surface area (TPSA) is 84.2 Å². The zero-order chi connectivity index (χ0) is 6.41. The number of urea groups is 1. The van der Waals surface area contributed by atoms with E-state index < -0.39 is 6.03 Å². The number of rotatable bonds is 3. The fraction of sp³-hybridized carbons (Fsp3) is 0.333. The van der Waals surface area contributed by atoms with Crippen molar-refractivity contribution in [2.45, 2.75) is 0 Å². The molecule has 0 aromatic heterocycles. The summed E-state index contributed by atoms with van der Waals surface area (Å²) in [6.45, 7) is 0.0822. The van der Waals surface area contributed by atoms with Crippen molar-refractivity contribution in [2.24, 2.45) is 5.73 Å². The van der Waals surface area contributed by atoms with Crippen LogP contribution in [0, 0.1) is 0 Å². The van der Waals surface area contributed by atoms with Crippen LogP contribution in [-0.4, -0.2) is 19.1 Å². The maximum Gasteiger partial charge on any atom is 0.313 e. The van der Waals surface area contributed by atoms with Crippen LogP contribution < -0.4 is 16.4 Å². The van der Waals surface area contributed by atoms with Crippen molar-refractivity contribution >= 4 is 12.4 Å². The van der Waals surface area contributed by atoms with Gasteiger partial charge in [-0.1, -0.05) is 0 Å². The summed E-state index contributed by atoms with van der Waals surface area (Å²) >= 11 is 0. The molecule has 0 rings (SSSR count). The second-order valence-electron chi connectivity index (χ2n) is 1.04. The molecule has 5 heteroatoms. The van der Waals surface area contributed by atoms with Crippen molar-refractivity contribution in [1.82, 2.24) is 10.6 Å². The predicted molar refractivity (Wildman–Crippen MR) is 26.8 cm³/mol. The van der Waals surface area contributed by atoms with E-state index in [4.69, 9.17) is 0 Å². The van der Waals surface area contributed by atoms with Crippen LogP contribution in [0.25, 0.3) is 0 Å². The van der Waals surface area contributed by atoms with Crippen LogP contribution >= 0.6 is 0 Å². The lowest BCUT2D eigenvalue weighted by Crippen LogP contribution is -2.36. The van der Waals surface area contributed by atoms with Gasteiger partial charge in [0.1, 0.15) is 0 Å². The Morgan fingerprint density at radius 2 is 2.38 bits per heavy atom. The molecule has 0 aromatic rings. The van der Waals surface area contributed by atoms with E-state index >= 15 is 0 Å². The average Bonchev–Trinajstić information content (AvgIpc) is 1.66. The number of carbonyl (C=O) groups excluding carboxylic acids is 2. The molecule has 3 amide bonds. The first-order valence-electron chi connectivity index (χ1n) is 1.97. The second-order valence-corrected chi connectivity index (χ2v) is 1.04. The van der Waals surface area contributed by atoms with Crippen LogP contribution in [-0.2, 0) is 4.79 Å². The summed E-state index contributed by atoms with van der Waals surface area (Å²) in [5.41, 5.74) is 4.63. The molecule has 0 radical (unpaired) electrons. The molecule has 0 aliphatic carbocycles. The molecule has 8 heavy (non-hydrogen) atoms. The van der Waals surface area contributed by atoms with Crippen molar-refractivity contribution in [2.75, 3.05) is 6.67 Å². The molecule has 4 N–H and O–H groups in total. The highest BCUT2D eigenvalue weighted by molar-refractivity contribution is 5.71. The Labute approximate surface area is 46.2 Å². The standard InChI is InChI=1S/C3H7N3O2/c4-3(8)6-1-5-2-7/h2H,1H2,(H,5,7)(H3,4,6,8). The SMILES string of the molecule is NC(=O)NCNC=O. The lowest BCUT2D eigenvalue weighted by molar-refractivity contribution is -0.109. The summed E-state index contributed by atoms with van der Waals surface area (Å²) in [5.74, 6) is 0. The quantitative estimate of drug-likeness (QED) is 0.235. The molecule has 0 aliphatic rings. The minimum Gasteiger partial charge on any atom is -0.352 e. The minimum absolute atomic E-state index is 0.0822. The van der Waals surface area contributed by atoms with Crippen molar-refractivity contribution < 1.29 is 9.59 Å². The number of carbonyl (C=O) groups is 2. The highest BCUT2D eigenvalue weighted by Crippen LogP contribution is 1.48. The van der Waals surface area contributed by atoms with Gasteiger partial charge in [-0.3, -0.25) is 4.79 Å². The van der Waals surface area contributed by atoms with Gasteiger partial charge < -0.3 is 16.4 Å². The summed E-state index contributed by atoms with van der Waals surface area (Å²) in [4.78, 5) is 19.3. The van der Waals surface area contributed by atoms with E-state index in [0.717, 1.165) is 0 Å². The van der Waals surface area contributed by atoms with E-state index in [1.807, 2.05) is 0 Å². The number of nitrogens with two attached hydrogens (primary N) is 1. The molecule has 0 fully saturated rings. The number of primary amides is 1. The van der Waals surface area contributed by atoms with E-state index in [1.54, 1.807) is 0 Å². The van der Waals surface area contributed by atoms with Crippen molar-refractivity contribution in [1.29, 1.82) is 0 Å². The summed E-state index contributed by atoms with van der Waals surface area (Å²) in [5, 5.41) is 4.33. The van der Waals surface area contributed by atoms with Gasteiger partial charge in [-0.25, -0.2) is 4.79 Å². The largest absolute Gasteiger partial charge is 0.352 e. The molecule has 0 aromatic carbocycles. The molecule has 0 atom stereocenters. The molecule has 46 valence electrons. The Hall–Kier alpha value is -1.26. The smallest absolute Gasteiger partial charge is 0.313 e. The first-order valence-corrected chi connectivity index (χ1v) is 1.97. The lowest BCUT2D eigenvalue weighted by atomic mass is 10.9. The number of hydrogen-bond donors (Lipinski definition) is 3. The van der Waals surface area contributed by atoms with Gasteiger partial charge in [0.15, 0.2) is 0 Å². The molecule has 0 bridgehead atoms. The third kappa shape index (κ3) is 4.74. The predicted octanol–water partition coefficient (Wildman–Crippen LogP) is -1.64. The Bertz CT molecular complexity index is 92.5. The third-order valence-electron chi connectivity index (χ3n) is 0.448. The van der Waals surface area contributed by atoms with Crippen molar-refractivity contribution in [3.8, 4) is 0 Å². The average molecular weight is 117 g/mol. The minimum atomic E-state index is -0.653. The molecule has 0 saturated carbocycles. The zero-order valence-electron chi connectivity index (χ0n) is 4.18. The molecule has 0 saturated heterocycles. The van der Waals surface area contributed by atoms with Gasteiger partial charge >= 0.3 is 6.03 Å². The van der Waals surface area contributed by atoms with Gasteiger partial charge in [0.2, 0.25) is 6.41 Å². The Morgan fingerprint density at radius 3 is 2.75 bits per heavy atom. The fourth-order valence-electron chi connectivity index (χ4n) is 0.180. The summed E-state index contributed by atoms with van der Waals surface area (Å²) in [6, 6.07) is -0.653. The first kappa shape index (κ1) is 6.74. The number of amides is 3. The van der Waals surface area contributed by atoms with Crippen molar-refractivity contribution in [3.05, 3.63) is 0 Å². The normalized spacial score (nSPS) is 7.50. The monoisotopic (exact) mass is 117 g/mol. The highest BCUT2D eigenvalue weighted by Gasteiger charge is 1.84. The van der Waals surface area contributed by atoms with Gasteiger partial charge in [0.05, 0.1) is 6.67 Å². The maximum atomic E-state index is 9.83. The summed E-state index contributed by atoms with van der Waals surface area (Å²) < 4.78 is 0. The number of nitrogens with one attached hydrogen (secondary N) is 2. The Balaban J connectivity index is 2.93. The van der Waals surface area contributed by atoms with Crippen LogP contribution in [0.4, 0.5) is 4.79 Å². The maximum absolute atomic E-state index is 9.83. The van der Waals surface area contributed by atoms with E-state index in [-0.39, 0.29) is 6.67 Å². The van der Waals surface area contributed by atoms with Gasteiger partial charge in [0.25, 0.3) is 0 Å². The van der Waals surface area contributed by atoms with E-state index in [1.165, 1.54) is 0 Å². The molecule has 0 aliphatic heterocycles. The van der Waals surface area contributed by atoms with Gasteiger partial charge in [-0.2, -0.15) is 0 Å². The van der Waals surface area contributed by atoms with Crippen LogP contribution in [0.1, 0.15) is 0 Å². The molecular formula is C3H7N3O2. The Kier molecular flexibility index (Phi) is 3.30. The second kappa shape index (κ2) is 3.91. The van der Waals surface area contributed by atoms with E-state index in [0.29, 0.717) is 6.41 Å². The number of hydrogen-bond acceptors (Lipinski definition) is 2. The van der Waals surface area contributed by atoms with Gasteiger partial charge in [0, 0.05) is 0 Å². The van der Waals surface area contributed by atoms with Crippen LogP contribution in [0.3, 0.4) is 0 Å². The molecule has 0 heterocycles. The third-order valence-corrected chi connectivity index (χ3v) is 0.448. The van der Waals surface area contributed by atoms with Crippen LogP contribution in [0.15, 0.2) is 0 Å². The molecule has 0 unspecified atom stereocenters. The highest BCUT2D eigenvalue weighted by atomic mass is 16.2. The van der Waals surface area contributed by atoms with Gasteiger partial charge in [-0.15, -0.1) is 0 Å². The lowest BCUT2D eigenvalue weighted by Gasteiger charge is -1.95. The van der Waals surface area contributed by atoms with Crippen LogP contribution in [0.5, 0.6) is 0 Å². The Morgan fingerprint density at radius 1 is 1.75 bits per heavy atom. The summed E-state index contributed by atoms with van der Waals surface area (Å²) in [7, 11) is 0. The van der Waals surface area contributed by atoms with Crippen LogP contribution in [0.2, 0.25) is 0 Å². The zero-order valence-corrected chi connectivity index (χ0v) is 4.18. The summed E-state index contributed by atoms with van der Waals surface area (Å²) in [6.07, 6.45) is 0.468. The molecular weight excluding hydrogens is 110 g/mol. The van der Waals surface area contributed by atoms with Gasteiger partial charge in [-0.05, 0) is 0 Å². The molecule has 5 nitrogen and oxygen atoms in total. The fourth-order valence-corrected chi connectivity index (χ4v) is 0.180. The first-order chi connectivity index (χ1) is 3.77. The van der Waals surface area contributed by atoms with Crippen molar-refractivity contribution in [3.63, 3.8) is 0 Å². The van der Waals surface area contributed by atoms with E-state index in [9.17, 15) is 9.59 Å². The van der Waals surface area contributed by atoms with E-state index in [2.05, 4.69) is 16.4 Å².